The molecule has 210 valence electrons. The molecule has 1 aliphatic rings. The van der Waals surface area contributed by atoms with Crippen LogP contribution in [0, 0.1) is 6.92 Å². The van der Waals surface area contributed by atoms with Gasteiger partial charge in [-0.2, -0.15) is 0 Å². The molecule has 0 bridgehead atoms. The lowest BCUT2D eigenvalue weighted by Gasteiger charge is -2.34. The molecule has 0 spiro atoms. The first-order valence-corrected chi connectivity index (χ1v) is 14.2. The van der Waals surface area contributed by atoms with E-state index in [9.17, 15) is 9.90 Å². The summed E-state index contributed by atoms with van der Waals surface area (Å²) in [6.45, 7) is 4.62. The zero-order chi connectivity index (χ0) is 28.1. The van der Waals surface area contributed by atoms with E-state index in [0.29, 0.717) is 31.8 Å². The van der Waals surface area contributed by atoms with Gasteiger partial charge in [-0.05, 0) is 55.4 Å². The topological polar surface area (TPSA) is 106 Å². The predicted octanol–water partition coefficient (Wildman–Crippen LogP) is 4.46. The number of amides is 1. The Morgan fingerprint density at radius 2 is 1.88 bits per heavy atom. The summed E-state index contributed by atoms with van der Waals surface area (Å²) in [5.41, 5.74) is 13.3. The first kappa shape index (κ1) is 27.8. The van der Waals surface area contributed by atoms with E-state index in [1.807, 2.05) is 17.0 Å². The van der Waals surface area contributed by atoms with Gasteiger partial charge in [-0.3, -0.25) is 4.79 Å². The Kier molecular flexibility index (Phi) is 8.77. The molecule has 1 unspecified atom stereocenters. The molecule has 40 heavy (non-hydrogen) atoms. The number of benzene rings is 2. The maximum absolute atomic E-state index is 13.4. The molecule has 0 aliphatic carbocycles. The van der Waals surface area contributed by atoms with Gasteiger partial charge in [0.15, 0.2) is 0 Å². The van der Waals surface area contributed by atoms with E-state index < -0.39 is 0 Å². The standard InChI is InChI=1S/C32H39N5O3/c1-22-28-8-3-4-9-29(28)37(15-6-16-38)31(22)25-7-5-14-36(21-25)30(39)18-27(33)17-23-10-12-24(13-11-23)26-19-34-32(40-2)35-20-26/h3-4,8-13,19-20,25,27,38H,5-7,14-18,21,33H2,1-2H3/t25?,27-/m1/s1. The molecule has 0 saturated carbocycles. The molecule has 8 nitrogen and oxygen atoms in total. The quantitative estimate of drug-likeness (QED) is 0.307. The number of hydrogen-bond donors (Lipinski definition) is 2. The van der Waals surface area contributed by atoms with Crippen molar-refractivity contribution >= 4 is 16.8 Å². The van der Waals surface area contributed by atoms with Crippen LogP contribution in [0.15, 0.2) is 60.9 Å². The van der Waals surface area contributed by atoms with Gasteiger partial charge < -0.3 is 25.0 Å². The van der Waals surface area contributed by atoms with Crippen LogP contribution in [0.4, 0.5) is 0 Å². The van der Waals surface area contributed by atoms with Crippen LogP contribution in [0.3, 0.4) is 0 Å². The van der Waals surface area contributed by atoms with Crippen molar-refractivity contribution in [2.24, 2.45) is 5.73 Å². The molecule has 1 aliphatic heterocycles. The number of piperidine rings is 1. The third kappa shape index (κ3) is 6.03. The summed E-state index contributed by atoms with van der Waals surface area (Å²) in [5.74, 6) is 0.398. The average molecular weight is 542 g/mol. The number of aromatic nitrogens is 3. The number of aliphatic hydroxyl groups is 1. The lowest BCUT2D eigenvalue weighted by molar-refractivity contribution is -0.132. The van der Waals surface area contributed by atoms with Gasteiger partial charge in [0, 0.05) is 79.2 Å². The molecule has 2 aromatic carbocycles. The molecule has 1 amide bonds. The van der Waals surface area contributed by atoms with Crippen molar-refractivity contribution in [1.29, 1.82) is 0 Å². The van der Waals surface area contributed by atoms with E-state index in [1.165, 1.54) is 22.2 Å². The molecule has 2 atom stereocenters. The number of rotatable bonds is 10. The van der Waals surface area contributed by atoms with Gasteiger partial charge in [0.25, 0.3) is 0 Å². The lowest BCUT2D eigenvalue weighted by Crippen LogP contribution is -2.42. The Balaban J connectivity index is 1.22. The molecule has 2 aromatic heterocycles. The molecule has 0 radical (unpaired) electrons. The highest BCUT2D eigenvalue weighted by atomic mass is 16.5. The molecule has 4 aromatic rings. The zero-order valence-electron chi connectivity index (χ0n) is 23.4. The number of carbonyl (C=O) groups is 1. The summed E-state index contributed by atoms with van der Waals surface area (Å²) in [6, 6.07) is 16.7. The summed E-state index contributed by atoms with van der Waals surface area (Å²) >= 11 is 0. The Bertz CT molecular complexity index is 1430. The number of aliphatic hydroxyl groups excluding tert-OH is 1. The summed E-state index contributed by atoms with van der Waals surface area (Å²) in [5, 5.41) is 10.8. The van der Waals surface area contributed by atoms with Gasteiger partial charge in [-0.1, -0.05) is 42.5 Å². The van der Waals surface area contributed by atoms with Crippen molar-refractivity contribution in [3.63, 3.8) is 0 Å². The Hall–Kier alpha value is -3.75. The molecule has 5 rings (SSSR count). The molecule has 1 fully saturated rings. The number of methoxy groups -OCH3 is 1. The minimum absolute atomic E-state index is 0.125. The minimum Gasteiger partial charge on any atom is -0.467 e. The molecule has 1 saturated heterocycles. The van der Waals surface area contributed by atoms with Crippen LogP contribution in [0.25, 0.3) is 22.0 Å². The van der Waals surface area contributed by atoms with Crippen LogP contribution in [0.5, 0.6) is 6.01 Å². The first-order valence-electron chi connectivity index (χ1n) is 14.2. The number of nitrogens with zero attached hydrogens (tertiary/aromatic N) is 4. The second kappa shape index (κ2) is 12.6. The Morgan fingerprint density at radius 3 is 2.60 bits per heavy atom. The van der Waals surface area contributed by atoms with Crippen molar-refractivity contribution < 1.29 is 14.6 Å². The van der Waals surface area contributed by atoms with Crippen molar-refractivity contribution in [3.8, 4) is 17.1 Å². The van der Waals surface area contributed by atoms with Crippen LogP contribution < -0.4 is 10.5 Å². The van der Waals surface area contributed by atoms with Crippen LogP contribution in [0.1, 0.15) is 48.4 Å². The minimum atomic E-state index is -0.249. The van der Waals surface area contributed by atoms with Crippen molar-refractivity contribution in [1.82, 2.24) is 19.4 Å². The highest BCUT2D eigenvalue weighted by Gasteiger charge is 2.29. The van der Waals surface area contributed by atoms with Gasteiger partial charge in [-0.15, -0.1) is 0 Å². The zero-order valence-corrected chi connectivity index (χ0v) is 23.4. The third-order valence-corrected chi connectivity index (χ3v) is 8.01. The number of likely N-dealkylation sites (tertiary alicyclic amines) is 1. The van der Waals surface area contributed by atoms with Crippen molar-refractivity contribution in [2.45, 2.75) is 57.5 Å². The smallest absolute Gasteiger partial charge is 0.316 e. The van der Waals surface area contributed by atoms with Crippen molar-refractivity contribution in [3.05, 3.63) is 77.7 Å². The summed E-state index contributed by atoms with van der Waals surface area (Å²) in [6.07, 6.45) is 7.19. The summed E-state index contributed by atoms with van der Waals surface area (Å²) in [7, 11) is 1.54. The SMILES string of the molecule is COc1ncc(-c2ccc(C[C@@H](N)CC(=O)N3CCCC(c4c(C)c5ccccc5n4CCCO)C3)cc2)cn1. The number of para-hydroxylation sites is 1. The second-order valence-electron chi connectivity index (χ2n) is 10.8. The monoisotopic (exact) mass is 541 g/mol. The normalized spacial score (nSPS) is 16.3. The number of carbonyl (C=O) groups excluding carboxylic acids is 1. The molecular weight excluding hydrogens is 502 g/mol. The maximum Gasteiger partial charge on any atom is 0.316 e. The van der Waals surface area contributed by atoms with E-state index in [1.54, 1.807) is 19.5 Å². The predicted molar refractivity (Wildman–Crippen MR) is 157 cm³/mol. The van der Waals surface area contributed by atoms with Crippen LogP contribution in [0.2, 0.25) is 0 Å². The number of aryl methyl sites for hydroxylation is 2. The average Bonchev–Trinajstić information content (AvgIpc) is 3.27. The van der Waals surface area contributed by atoms with Crippen LogP contribution in [-0.2, 0) is 17.8 Å². The Morgan fingerprint density at radius 1 is 1.12 bits per heavy atom. The first-order chi connectivity index (χ1) is 19.5. The van der Waals surface area contributed by atoms with Crippen LogP contribution >= 0.6 is 0 Å². The fourth-order valence-electron chi connectivity index (χ4n) is 6.05. The van der Waals surface area contributed by atoms with E-state index in [4.69, 9.17) is 10.5 Å². The van der Waals surface area contributed by atoms with E-state index >= 15 is 0 Å². The third-order valence-electron chi connectivity index (χ3n) is 8.01. The molecule has 3 N–H and O–H groups in total. The van der Waals surface area contributed by atoms with E-state index in [0.717, 1.165) is 42.6 Å². The van der Waals surface area contributed by atoms with E-state index in [2.05, 4.69) is 57.9 Å². The number of ether oxygens (including phenoxy) is 1. The van der Waals surface area contributed by atoms with Gasteiger partial charge in [-0.25, -0.2) is 9.97 Å². The largest absolute Gasteiger partial charge is 0.467 e. The molecular formula is C32H39N5O3. The number of fused-ring (bicyclic) bond motifs is 1. The summed E-state index contributed by atoms with van der Waals surface area (Å²) < 4.78 is 7.40. The highest BCUT2D eigenvalue weighted by Crippen LogP contribution is 2.36. The Labute approximate surface area is 235 Å². The van der Waals surface area contributed by atoms with Gasteiger partial charge >= 0.3 is 6.01 Å². The van der Waals surface area contributed by atoms with Crippen molar-refractivity contribution in [2.75, 3.05) is 26.8 Å². The van der Waals surface area contributed by atoms with Gasteiger partial charge in [0.05, 0.1) is 7.11 Å². The molecule has 8 heteroatoms. The maximum atomic E-state index is 13.4. The van der Waals surface area contributed by atoms with Gasteiger partial charge in [0.2, 0.25) is 5.91 Å². The fraction of sp³-hybridized carbons (Fsp3) is 0.406. The summed E-state index contributed by atoms with van der Waals surface area (Å²) in [4.78, 5) is 23.7. The van der Waals surface area contributed by atoms with E-state index in [-0.39, 0.29) is 24.5 Å². The van der Waals surface area contributed by atoms with Crippen LogP contribution in [-0.4, -0.2) is 63.3 Å². The fourth-order valence-corrected chi connectivity index (χ4v) is 6.05. The highest BCUT2D eigenvalue weighted by molar-refractivity contribution is 5.85. The number of nitrogens with two attached hydrogens (primary N) is 1. The van der Waals surface area contributed by atoms with Gasteiger partial charge in [0.1, 0.15) is 0 Å². The lowest BCUT2D eigenvalue weighted by atomic mass is 9.91. The number of hydrogen-bond acceptors (Lipinski definition) is 6. The second-order valence-corrected chi connectivity index (χ2v) is 10.8. The molecule has 3 heterocycles.